The van der Waals surface area contributed by atoms with Gasteiger partial charge in [0.15, 0.2) is 0 Å². The van der Waals surface area contributed by atoms with Gasteiger partial charge in [0.1, 0.15) is 12.4 Å². The number of fused-ring (bicyclic) bond motifs is 2. The Bertz CT molecular complexity index is 997. The molecule has 0 spiro atoms. The van der Waals surface area contributed by atoms with Gasteiger partial charge in [-0.15, -0.1) is 0 Å². The SMILES string of the molecule is CN(C)CC(C)(O)c1ccc2c(c1)CN(Cc1ccc3ccccc3c1)CCO2. The lowest BCUT2D eigenvalue weighted by atomic mass is 9.93. The first-order chi connectivity index (χ1) is 13.9. The number of hydrogen-bond acceptors (Lipinski definition) is 4. The van der Waals surface area contributed by atoms with Crippen LogP contribution >= 0.6 is 0 Å². The fraction of sp³-hybridized carbons (Fsp3) is 0.360. The quantitative estimate of drug-likeness (QED) is 0.714. The first kappa shape index (κ1) is 19.9. The molecule has 1 N–H and O–H groups in total. The molecule has 3 aromatic rings. The molecule has 152 valence electrons. The molecule has 1 aliphatic rings. The summed E-state index contributed by atoms with van der Waals surface area (Å²) in [6.45, 7) is 5.70. The molecule has 0 saturated carbocycles. The maximum atomic E-state index is 10.9. The zero-order valence-corrected chi connectivity index (χ0v) is 17.6. The summed E-state index contributed by atoms with van der Waals surface area (Å²) in [6.07, 6.45) is 0. The van der Waals surface area contributed by atoms with Crippen LogP contribution in [0.25, 0.3) is 10.8 Å². The summed E-state index contributed by atoms with van der Waals surface area (Å²) in [4.78, 5) is 4.43. The third-order valence-corrected chi connectivity index (χ3v) is 5.59. The van der Waals surface area contributed by atoms with Gasteiger partial charge in [-0.1, -0.05) is 42.5 Å². The first-order valence-electron chi connectivity index (χ1n) is 10.2. The van der Waals surface area contributed by atoms with E-state index in [0.29, 0.717) is 13.2 Å². The normalized spacial score (nSPS) is 16.9. The van der Waals surface area contributed by atoms with Crippen LogP contribution < -0.4 is 4.74 Å². The van der Waals surface area contributed by atoms with Crippen LogP contribution in [-0.4, -0.2) is 48.7 Å². The second kappa shape index (κ2) is 8.15. The number of hydrogen-bond donors (Lipinski definition) is 1. The van der Waals surface area contributed by atoms with Gasteiger partial charge in [-0.25, -0.2) is 0 Å². The Hall–Kier alpha value is -2.40. The van der Waals surface area contributed by atoms with Crippen LogP contribution in [0.4, 0.5) is 0 Å². The van der Waals surface area contributed by atoms with E-state index in [4.69, 9.17) is 4.74 Å². The molecule has 4 nitrogen and oxygen atoms in total. The van der Waals surface area contributed by atoms with Crippen LogP contribution in [0.3, 0.4) is 0 Å². The minimum absolute atomic E-state index is 0.577. The predicted octanol–water partition coefficient (Wildman–Crippen LogP) is 4.00. The van der Waals surface area contributed by atoms with Crippen LogP contribution in [-0.2, 0) is 18.7 Å². The van der Waals surface area contributed by atoms with Crippen molar-refractivity contribution >= 4 is 10.8 Å². The van der Waals surface area contributed by atoms with Crippen molar-refractivity contribution in [1.82, 2.24) is 9.80 Å². The molecule has 0 amide bonds. The summed E-state index contributed by atoms with van der Waals surface area (Å²) in [5.74, 6) is 0.926. The molecule has 0 radical (unpaired) electrons. The van der Waals surface area contributed by atoms with E-state index in [2.05, 4.69) is 53.4 Å². The average Bonchev–Trinajstić information content (AvgIpc) is 2.88. The second-order valence-electron chi connectivity index (χ2n) is 8.57. The topological polar surface area (TPSA) is 35.9 Å². The summed E-state index contributed by atoms with van der Waals surface area (Å²) in [7, 11) is 3.96. The number of likely N-dealkylation sites (N-methyl/N-ethyl adjacent to an activating group) is 1. The molecule has 4 heteroatoms. The number of rotatable bonds is 5. The van der Waals surface area contributed by atoms with E-state index >= 15 is 0 Å². The number of aliphatic hydroxyl groups is 1. The fourth-order valence-electron chi connectivity index (χ4n) is 4.22. The average molecular weight is 391 g/mol. The van der Waals surface area contributed by atoms with Crippen LogP contribution in [0.2, 0.25) is 0 Å². The molecule has 29 heavy (non-hydrogen) atoms. The lowest BCUT2D eigenvalue weighted by Gasteiger charge is -2.28. The molecule has 1 unspecified atom stereocenters. The molecular weight excluding hydrogens is 360 g/mol. The Morgan fingerprint density at radius 2 is 1.83 bits per heavy atom. The van der Waals surface area contributed by atoms with E-state index in [1.807, 2.05) is 38.1 Å². The van der Waals surface area contributed by atoms with E-state index in [-0.39, 0.29) is 0 Å². The lowest BCUT2D eigenvalue weighted by molar-refractivity contribution is 0.0299. The van der Waals surface area contributed by atoms with Gasteiger partial charge >= 0.3 is 0 Å². The van der Waals surface area contributed by atoms with Gasteiger partial charge < -0.3 is 14.7 Å². The minimum Gasteiger partial charge on any atom is -0.492 e. The Kier molecular flexibility index (Phi) is 5.59. The highest BCUT2D eigenvalue weighted by Gasteiger charge is 2.26. The largest absolute Gasteiger partial charge is 0.492 e. The number of benzene rings is 3. The molecule has 0 aromatic heterocycles. The van der Waals surface area contributed by atoms with Gasteiger partial charge in [0.2, 0.25) is 0 Å². The Morgan fingerprint density at radius 1 is 1.03 bits per heavy atom. The van der Waals surface area contributed by atoms with Crippen molar-refractivity contribution in [3.8, 4) is 5.75 Å². The predicted molar refractivity (Wildman–Crippen MR) is 118 cm³/mol. The summed E-state index contributed by atoms with van der Waals surface area (Å²) in [5.41, 5.74) is 2.48. The van der Waals surface area contributed by atoms with Gasteiger partial charge in [0.05, 0.1) is 5.60 Å². The van der Waals surface area contributed by atoms with E-state index in [1.54, 1.807) is 0 Å². The minimum atomic E-state index is -0.895. The summed E-state index contributed by atoms with van der Waals surface area (Å²) >= 11 is 0. The van der Waals surface area contributed by atoms with Crippen molar-refractivity contribution < 1.29 is 9.84 Å². The van der Waals surface area contributed by atoms with Crippen LogP contribution in [0.5, 0.6) is 5.75 Å². The first-order valence-corrected chi connectivity index (χ1v) is 10.2. The zero-order valence-electron chi connectivity index (χ0n) is 17.6. The van der Waals surface area contributed by atoms with Gasteiger partial charge in [-0.2, -0.15) is 0 Å². The summed E-state index contributed by atoms with van der Waals surface area (Å²) in [5, 5.41) is 13.5. The van der Waals surface area contributed by atoms with Crippen molar-refractivity contribution in [3.63, 3.8) is 0 Å². The molecule has 4 rings (SSSR count). The smallest absolute Gasteiger partial charge is 0.123 e. The van der Waals surface area contributed by atoms with Gasteiger partial charge in [0, 0.05) is 31.7 Å². The van der Waals surface area contributed by atoms with Gasteiger partial charge in [-0.3, -0.25) is 4.90 Å². The van der Waals surface area contributed by atoms with Crippen molar-refractivity contribution in [2.75, 3.05) is 33.8 Å². The molecule has 3 aromatic carbocycles. The molecule has 0 bridgehead atoms. The number of nitrogens with zero attached hydrogens (tertiary/aromatic N) is 2. The fourth-order valence-corrected chi connectivity index (χ4v) is 4.22. The Balaban J connectivity index is 1.55. The highest BCUT2D eigenvalue weighted by atomic mass is 16.5. The molecule has 1 atom stereocenters. The molecule has 0 saturated heterocycles. The van der Waals surface area contributed by atoms with E-state index in [9.17, 15) is 5.11 Å². The highest BCUT2D eigenvalue weighted by molar-refractivity contribution is 5.82. The summed E-state index contributed by atoms with van der Waals surface area (Å²) < 4.78 is 6.00. The maximum absolute atomic E-state index is 10.9. The third-order valence-electron chi connectivity index (χ3n) is 5.59. The lowest BCUT2D eigenvalue weighted by Crippen LogP contribution is -2.34. The molecule has 1 aliphatic heterocycles. The van der Waals surface area contributed by atoms with Crippen molar-refractivity contribution in [2.45, 2.75) is 25.6 Å². The van der Waals surface area contributed by atoms with Crippen LogP contribution in [0.1, 0.15) is 23.6 Å². The highest BCUT2D eigenvalue weighted by Crippen LogP contribution is 2.30. The molecule has 1 heterocycles. The Labute approximate surface area is 173 Å². The number of ether oxygens (including phenoxy) is 1. The Morgan fingerprint density at radius 3 is 2.62 bits per heavy atom. The summed E-state index contributed by atoms with van der Waals surface area (Å²) in [6, 6.07) is 21.3. The molecular formula is C25H30N2O2. The maximum Gasteiger partial charge on any atom is 0.123 e. The van der Waals surface area contributed by atoms with Crippen molar-refractivity contribution in [3.05, 3.63) is 77.4 Å². The second-order valence-corrected chi connectivity index (χ2v) is 8.57. The van der Waals surface area contributed by atoms with Crippen LogP contribution in [0.15, 0.2) is 60.7 Å². The van der Waals surface area contributed by atoms with Crippen molar-refractivity contribution in [2.24, 2.45) is 0 Å². The van der Waals surface area contributed by atoms with Crippen molar-refractivity contribution in [1.29, 1.82) is 0 Å². The van der Waals surface area contributed by atoms with E-state index < -0.39 is 5.60 Å². The van der Waals surface area contributed by atoms with E-state index in [1.165, 1.54) is 16.3 Å². The van der Waals surface area contributed by atoms with Gasteiger partial charge in [0.25, 0.3) is 0 Å². The van der Waals surface area contributed by atoms with Crippen LogP contribution in [0, 0.1) is 0 Å². The monoisotopic (exact) mass is 390 g/mol. The molecule has 0 aliphatic carbocycles. The molecule has 0 fully saturated rings. The van der Waals surface area contributed by atoms with E-state index in [0.717, 1.165) is 36.5 Å². The standard InChI is InChI=1S/C25H30N2O2/c1-25(28,18-26(2)3)23-10-11-24-22(15-23)17-27(12-13-29-24)16-19-8-9-20-6-4-5-7-21(20)14-19/h4-11,14-15,28H,12-13,16-18H2,1-3H3. The third kappa shape index (κ3) is 4.61. The van der Waals surface area contributed by atoms with Gasteiger partial charge in [-0.05, 0) is 61.1 Å². The zero-order chi connectivity index (χ0) is 20.4.